The van der Waals surface area contributed by atoms with Gasteiger partial charge in [0.15, 0.2) is 0 Å². The minimum atomic E-state index is -1.03. The number of carboxylic acids is 1. The highest BCUT2D eigenvalue weighted by atomic mass is 35.5. The zero-order valence-electron chi connectivity index (χ0n) is 12.1. The van der Waals surface area contributed by atoms with Gasteiger partial charge in [-0.3, -0.25) is 4.79 Å². The minimum Gasteiger partial charge on any atom is -0.494 e. The summed E-state index contributed by atoms with van der Waals surface area (Å²) in [7, 11) is 0. The molecule has 1 N–H and O–H groups in total. The summed E-state index contributed by atoms with van der Waals surface area (Å²) in [5.41, 5.74) is 0.760. The molecule has 0 heterocycles. The Bertz CT molecular complexity index is 652. The van der Waals surface area contributed by atoms with Crippen LogP contribution in [-0.2, 0) is 11.2 Å². The zero-order chi connectivity index (χ0) is 16.1. The Morgan fingerprint density at radius 2 is 2.05 bits per heavy atom. The first kappa shape index (κ1) is 16.3. The van der Waals surface area contributed by atoms with Gasteiger partial charge in [-0.1, -0.05) is 29.8 Å². The van der Waals surface area contributed by atoms with Crippen LogP contribution in [0.4, 0.5) is 4.39 Å². The summed E-state index contributed by atoms with van der Waals surface area (Å²) in [6.45, 7) is 2.33. The van der Waals surface area contributed by atoms with Crippen molar-refractivity contribution in [3.05, 3.63) is 64.4 Å². The highest BCUT2D eigenvalue weighted by molar-refractivity contribution is 6.31. The van der Waals surface area contributed by atoms with Gasteiger partial charge in [-0.15, -0.1) is 0 Å². The molecule has 5 heteroatoms. The summed E-state index contributed by atoms with van der Waals surface area (Å²) >= 11 is 5.99. The first-order valence-electron chi connectivity index (χ1n) is 6.91. The van der Waals surface area contributed by atoms with Crippen LogP contribution in [0.3, 0.4) is 0 Å². The molecule has 1 unspecified atom stereocenters. The van der Waals surface area contributed by atoms with Crippen molar-refractivity contribution in [2.75, 3.05) is 6.61 Å². The molecular formula is C17H16ClFO3. The van der Waals surface area contributed by atoms with Crippen LogP contribution in [-0.4, -0.2) is 17.7 Å². The second-order valence-corrected chi connectivity index (χ2v) is 5.21. The predicted octanol–water partition coefficient (Wildman–Crippen LogP) is 4.29. The molecule has 2 aromatic rings. The lowest BCUT2D eigenvalue weighted by molar-refractivity contribution is -0.138. The Morgan fingerprint density at radius 3 is 2.68 bits per heavy atom. The molecule has 0 aliphatic carbocycles. The van der Waals surface area contributed by atoms with Gasteiger partial charge >= 0.3 is 5.97 Å². The van der Waals surface area contributed by atoms with Gasteiger partial charge in [0.25, 0.3) is 0 Å². The van der Waals surface area contributed by atoms with Crippen molar-refractivity contribution in [1.82, 2.24) is 0 Å². The summed E-state index contributed by atoms with van der Waals surface area (Å²) in [5.74, 6) is -1.84. The fourth-order valence-electron chi connectivity index (χ4n) is 2.27. The number of rotatable bonds is 6. The number of halogens is 2. The maximum atomic E-state index is 13.9. The molecule has 0 saturated carbocycles. The van der Waals surface area contributed by atoms with Gasteiger partial charge in [-0.2, -0.15) is 0 Å². The molecule has 0 bridgehead atoms. The van der Waals surface area contributed by atoms with E-state index < -0.39 is 17.7 Å². The largest absolute Gasteiger partial charge is 0.494 e. The van der Waals surface area contributed by atoms with Crippen molar-refractivity contribution in [2.45, 2.75) is 19.3 Å². The number of ether oxygens (including phenoxy) is 1. The van der Waals surface area contributed by atoms with Crippen LogP contribution < -0.4 is 4.74 Å². The number of hydrogen-bond donors (Lipinski definition) is 1. The third-order valence-electron chi connectivity index (χ3n) is 3.34. The number of carboxylic acid groups (broad SMARTS) is 1. The standard InChI is InChI=1S/C17H16ClFO3/c1-2-22-12-6-3-5-11(9-12)13(17(20)21)10-14-15(18)7-4-8-16(14)19/h3-9,13H,2,10H2,1H3,(H,20,21). The van der Waals surface area contributed by atoms with Crippen LogP contribution in [0.2, 0.25) is 5.02 Å². The first-order valence-corrected chi connectivity index (χ1v) is 7.29. The highest BCUT2D eigenvalue weighted by Gasteiger charge is 2.23. The van der Waals surface area contributed by atoms with Crippen molar-refractivity contribution in [3.8, 4) is 5.75 Å². The minimum absolute atomic E-state index is 0.0174. The van der Waals surface area contributed by atoms with Crippen LogP contribution in [0.15, 0.2) is 42.5 Å². The van der Waals surface area contributed by atoms with Gasteiger partial charge in [0.1, 0.15) is 11.6 Å². The second-order valence-electron chi connectivity index (χ2n) is 4.80. The number of carbonyl (C=O) groups is 1. The van der Waals surface area contributed by atoms with Crippen molar-refractivity contribution in [1.29, 1.82) is 0 Å². The summed E-state index contributed by atoms with van der Waals surface area (Å²) in [5, 5.41) is 9.71. The van der Waals surface area contributed by atoms with Crippen LogP contribution in [0.1, 0.15) is 24.0 Å². The fourth-order valence-corrected chi connectivity index (χ4v) is 2.51. The van der Waals surface area contributed by atoms with Crippen LogP contribution in [0.5, 0.6) is 5.75 Å². The van der Waals surface area contributed by atoms with E-state index in [0.29, 0.717) is 17.9 Å². The van der Waals surface area contributed by atoms with E-state index in [2.05, 4.69) is 0 Å². The molecule has 2 rings (SSSR count). The normalized spacial score (nSPS) is 12.0. The quantitative estimate of drug-likeness (QED) is 0.863. The average Bonchev–Trinajstić information content (AvgIpc) is 2.47. The Labute approximate surface area is 133 Å². The molecule has 0 aromatic heterocycles. The molecule has 22 heavy (non-hydrogen) atoms. The third kappa shape index (κ3) is 3.77. The number of aliphatic carboxylic acids is 1. The third-order valence-corrected chi connectivity index (χ3v) is 3.69. The monoisotopic (exact) mass is 322 g/mol. The Kier molecular flexibility index (Phi) is 5.39. The van der Waals surface area contributed by atoms with E-state index in [0.717, 1.165) is 0 Å². The van der Waals surface area contributed by atoms with Crippen molar-refractivity contribution in [3.63, 3.8) is 0 Å². The molecule has 0 radical (unpaired) electrons. The zero-order valence-corrected chi connectivity index (χ0v) is 12.8. The lowest BCUT2D eigenvalue weighted by Gasteiger charge is -2.15. The Balaban J connectivity index is 2.35. The smallest absolute Gasteiger partial charge is 0.311 e. The molecule has 0 aliphatic heterocycles. The maximum Gasteiger partial charge on any atom is 0.311 e. The van der Waals surface area contributed by atoms with E-state index in [1.54, 1.807) is 30.3 Å². The van der Waals surface area contributed by atoms with Crippen LogP contribution >= 0.6 is 11.6 Å². The first-order chi connectivity index (χ1) is 10.5. The van der Waals surface area contributed by atoms with E-state index in [1.807, 2.05) is 6.92 Å². The van der Waals surface area contributed by atoms with E-state index in [4.69, 9.17) is 16.3 Å². The molecule has 116 valence electrons. The van der Waals surface area contributed by atoms with Gasteiger partial charge in [0.05, 0.1) is 12.5 Å². The topological polar surface area (TPSA) is 46.5 Å². The molecule has 0 fully saturated rings. The lowest BCUT2D eigenvalue weighted by atomic mass is 9.91. The van der Waals surface area contributed by atoms with Gasteiger partial charge < -0.3 is 9.84 Å². The van der Waals surface area contributed by atoms with Gasteiger partial charge in [-0.05, 0) is 43.2 Å². The van der Waals surface area contributed by atoms with Gasteiger partial charge in [0, 0.05) is 10.6 Å². The van der Waals surface area contributed by atoms with E-state index in [1.165, 1.54) is 12.1 Å². The number of hydrogen-bond acceptors (Lipinski definition) is 2. The number of benzene rings is 2. The lowest BCUT2D eigenvalue weighted by Crippen LogP contribution is -2.15. The molecule has 0 aliphatic rings. The fraction of sp³-hybridized carbons (Fsp3) is 0.235. The molecule has 0 spiro atoms. The molecule has 0 saturated heterocycles. The van der Waals surface area contributed by atoms with Crippen LogP contribution in [0, 0.1) is 5.82 Å². The molecule has 3 nitrogen and oxygen atoms in total. The summed E-state index contributed by atoms with van der Waals surface area (Å²) < 4.78 is 19.3. The summed E-state index contributed by atoms with van der Waals surface area (Å²) in [4.78, 5) is 11.6. The SMILES string of the molecule is CCOc1cccc(C(Cc2c(F)cccc2Cl)C(=O)O)c1. The second kappa shape index (κ2) is 7.27. The van der Waals surface area contributed by atoms with E-state index >= 15 is 0 Å². The van der Waals surface area contributed by atoms with Crippen molar-refractivity contribution < 1.29 is 19.0 Å². The van der Waals surface area contributed by atoms with E-state index in [-0.39, 0.29) is 17.0 Å². The van der Waals surface area contributed by atoms with Crippen molar-refractivity contribution in [2.24, 2.45) is 0 Å². The Morgan fingerprint density at radius 1 is 1.32 bits per heavy atom. The maximum absolute atomic E-state index is 13.9. The van der Waals surface area contributed by atoms with Crippen LogP contribution in [0.25, 0.3) is 0 Å². The van der Waals surface area contributed by atoms with Crippen molar-refractivity contribution >= 4 is 17.6 Å². The summed E-state index contributed by atoms with van der Waals surface area (Å²) in [6, 6.07) is 11.1. The predicted molar refractivity (Wildman–Crippen MR) is 83.1 cm³/mol. The Hall–Kier alpha value is -2.07. The average molecular weight is 323 g/mol. The highest BCUT2D eigenvalue weighted by Crippen LogP contribution is 2.29. The molecule has 0 amide bonds. The molecule has 1 atom stereocenters. The summed E-state index contributed by atoms with van der Waals surface area (Å²) in [6.07, 6.45) is -0.0174. The van der Waals surface area contributed by atoms with Gasteiger partial charge in [-0.25, -0.2) is 4.39 Å². The molecule has 2 aromatic carbocycles. The van der Waals surface area contributed by atoms with Gasteiger partial charge in [0.2, 0.25) is 0 Å². The molecular weight excluding hydrogens is 307 g/mol. The van der Waals surface area contributed by atoms with E-state index in [9.17, 15) is 14.3 Å².